The van der Waals surface area contributed by atoms with Gasteiger partial charge in [-0.2, -0.15) is 0 Å². The third-order valence-electron chi connectivity index (χ3n) is 8.03. The van der Waals surface area contributed by atoms with Crippen LogP contribution >= 0.6 is 23.4 Å². The zero-order valence-electron chi connectivity index (χ0n) is 27.9. The molecule has 0 fully saturated rings. The summed E-state index contributed by atoms with van der Waals surface area (Å²) in [5.74, 6) is -3.18. The fourth-order valence-corrected chi connectivity index (χ4v) is 8.70. The molecule has 0 saturated heterocycles. The SMILES string of the molecule is COc1cc(-n2c(C(C)(C)c3ccc(S(N)(=O)=O)c(Cl)c3)cnc2SCc2c(F)cc(S(=O)(=O)CCCC[N+](C)(C)C)cc2F)ccc1F. The molecule has 0 aliphatic carbocycles. The number of nitrogens with two attached hydrogens (primary N) is 1. The molecule has 266 valence electrons. The summed E-state index contributed by atoms with van der Waals surface area (Å²) >= 11 is 7.29. The zero-order valence-corrected chi connectivity index (χ0v) is 31.1. The maximum Gasteiger partial charge on any atom is 0.239 e. The number of sulfonamides is 1. The number of aromatic nitrogens is 2. The number of sulfone groups is 1. The van der Waals surface area contributed by atoms with E-state index in [9.17, 15) is 21.2 Å². The Labute approximate surface area is 294 Å². The number of primary sulfonamides is 1. The lowest BCUT2D eigenvalue weighted by Gasteiger charge is -2.28. The summed E-state index contributed by atoms with van der Waals surface area (Å²) in [6.07, 6.45) is 2.54. The van der Waals surface area contributed by atoms with Gasteiger partial charge in [0.1, 0.15) is 16.5 Å². The van der Waals surface area contributed by atoms with E-state index in [0.29, 0.717) is 34.3 Å². The lowest BCUT2D eigenvalue weighted by Crippen LogP contribution is -2.35. The predicted molar refractivity (Wildman–Crippen MR) is 185 cm³/mol. The molecule has 1 heterocycles. The highest BCUT2D eigenvalue weighted by Crippen LogP contribution is 2.39. The van der Waals surface area contributed by atoms with Crippen LogP contribution in [0.2, 0.25) is 5.02 Å². The van der Waals surface area contributed by atoms with Crippen molar-refractivity contribution >= 4 is 43.2 Å². The molecular weight excluding hydrogens is 721 g/mol. The van der Waals surface area contributed by atoms with E-state index in [1.807, 2.05) is 35.0 Å². The van der Waals surface area contributed by atoms with Crippen molar-refractivity contribution in [3.05, 3.63) is 94.0 Å². The summed E-state index contributed by atoms with van der Waals surface area (Å²) in [5.41, 5.74) is 0.290. The maximum atomic E-state index is 15.4. The van der Waals surface area contributed by atoms with Gasteiger partial charge >= 0.3 is 0 Å². The van der Waals surface area contributed by atoms with Crippen molar-refractivity contribution in [3.63, 3.8) is 0 Å². The van der Waals surface area contributed by atoms with Gasteiger partial charge in [0, 0.05) is 22.8 Å². The molecule has 3 aromatic carbocycles. The monoisotopic (exact) mass is 759 g/mol. The van der Waals surface area contributed by atoms with Gasteiger partial charge in [-0.3, -0.25) is 4.57 Å². The molecule has 4 aromatic rings. The Bertz CT molecular complexity index is 2060. The quantitative estimate of drug-likeness (QED) is 0.0888. The van der Waals surface area contributed by atoms with Crippen molar-refractivity contribution in [3.8, 4) is 11.4 Å². The van der Waals surface area contributed by atoms with Gasteiger partial charge < -0.3 is 9.22 Å². The fourth-order valence-electron chi connectivity index (χ4n) is 5.21. The van der Waals surface area contributed by atoms with Crippen molar-refractivity contribution in [2.75, 3.05) is 40.6 Å². The molecule has 0 radical (unpaired) electrons. The number of thioether (sulfide) groups is 1. The largest absolute Gasteiger partial charge is 0.494 e. The van der Waals surface area contributed by atoms with Crippen molar-refractivity contribution in [2.24, 2.45) is 5.14 Å². The Morgan fingerprint density at radius 1 is 0.959 bits per heavy atom. The Balaban J connectivity index is 1.70. The number of benzene rings is 3. The van der Waals surface area contributed by atoms with Crippen molar-refractivity contribution in [2.45, 2.75) is 52.8 Å². The number of halogens is 4. The van der Waals surface area contributed by atoms with E-state index in [1.165, 1.54) is 37.4 Å². The Kier molecular flexibility index (Phi) is 11.6. The number of hydrogen-bond acceptors (Lipinski definition) is 7. The molecule has 0 aliphatic heterocycles. The molecule has 1 aromatic heterocycles. The van der Waals surface area contributed by atoms with Crippen LogP contribution < -0.4 is 9.88 Å². The highest BCUT2D eigenvalue weighted by molar-refractivity contribution is 7.98. The minimum absolute atomic E-state index is 0.0576. The first-order valence-electron chi connectivity index (χ1n) is 15.0. The van der Waals surface area contributed by atoms with Crippen LogP contribution in [0, 0.1) is 17.5 Å². The van der Waals surface area contributed by atoms with Gasteiger partial charge in [-0.15, -0.1) is 0 Å². The third kappa shape index (κ3) is 8.99. The van der Waals surface area contributed by atoms with Crippen LogP contribution in [0.3, 0.4) is 0 Å². The van der Waals surface area contributed by atoms with E-state index in [2.05, 4.69) is 4.98 Å². The molecule has 2 N–H and O–H groups in total. The van der Waals surface area contributed by atoms with E-state index >= 15 is 8.78 Å². The number of hydrogen-bond donors (Lipinski definition) is 1. The van der Waals surface area contributed by atoms with Crippen LogP contribution in [-0.2, 0) is 31.0 Å². The first-order valence-corrected chi connectivity index (χ1v) is 19.6. The topological polar surface area (TPSA) is 121 Å². The summed E-state index contributed by atoms with van der Waals surface area (Å²) in [6.45, 7) is 4.42. The van der Waals surface area contributed by atoms with Crippen LogP contribution in [0.25, 0.3) is 5.69 Å². The number of imidazole rings is 1. The standard InChI is InChI=1S/C33H39ClF3N4O5S3/c1-33(2,21-9-12-30(25(34)15-21)49(38,44)45)31-19-39-32(40(31)22-10-11-26(35)29(16-22)46-6)47-20-24-27(36)17-23(18-28(24)37)48(42,43)14-8-7-13-41(3,4)5/h9-12,15-19H,7-8,13-14,20H2,1-6H3,(H2,38,44,45)/q+1. The molecule has 0 unspecified atom stereocenters. The third-order valence-corrected chi connectivity index (χ3v) is 12.2. The van der Waals surface area contributed by atoms with Gasteiger partial charge in [-0.05, 0) is 54.8 Å². The van der Waals surface area contributed by atoms with Gasteiger partial charge in [0.25, 0.3) is 0 Å². The van der Waals surface area contributed by atoms with E-state index < -0.39 is 47.6 Å². The molecule has 0 aliphatic rings. The molecular formula is C33H39ClF3N4O5S3+. The first-order chi connectivity index (χ1) is 22.7. The Hall–Kier alpha value is -3.08. The molecule has 49 heavy (non-hydrogen) atoms. The molecule has 4 rings (SSSR count). The molecule has 16 heteroatoms. The van der Waals surface area contributed by atoms with Gasteiger partial charge in [0.05, 0.1) is 68.0 Å². The first kappa shape index (κ1) is 38.7. The van der Waals surface area contributed by atoms with Crippen molar-refractivity contribution in [1.82, 2.24) is 9.55 Å². The lowest BCUT2D eigenvalue weighted by molar-refractivity contribution is -0.870. The number of quaternary nitrogens is 1. The van der Waals surface area contributed by atoms with Crippen LogP contribution in [0.4, 0.5) is 13.2 Å². The van der Waals surface area contributed by atoms with Crippen LogP contribution in [-0.4, -0.2) is 71.4 Å². The lowest BCUT2D eigenvalue weighted by atomic mass is 9.81. The van der Waals surface area contributed by atoms with Crippen molar-refractivity contribution < 1.29 is 39.2 Å². The van der Waals surface area contributed by atoms with Crippen LogP contribution in [0.5, 0.6) is 5.75 Å². The van der Waals surface area contributed by atoms with Gasteiger partial charge in [0.2, 0.25) is 10.0 Å². The van der Waals surface area contributed by atoms with Gasteiger partial charge in [-0.25, -0.2) is 40.1 Å². The van der Waals surface area contributed by atoms with E-state index in [1.54, 1.807) is 16.8 Å². The summed E-state index contributed by atoms with van der Waals surface area (Å²) in [6, 6.07) is 10.2. The average Bonchev–Trinajstić information content (AvgIpc) is 3.43. The number of nitrogens with zero attached hydrogens (tertiary/aromatic N) is 3. The van der Waals surface area contributed by atoms with Gasteiger partial charge in [0.15, 0.2) is 26.6 Å². The fraction of sp³-hybridized carbons (Fsp3) is 0.364. The van der Waals surface area contributed by atoms with Crippen LogP contribution in [0.1, 0.15) is 43.5 Å². The van der Waals surface area contributed by atoms with Crippen LogP contribution in [0.15, 0.2) is 69.7 Å². The average molecular weight is 760 g/mol. The minimum atomic E-state index is -4.08. The minimum Gasteiger partial charge on any atom is -0.494 e. The molecule has 0 saturated carbocycles. The molecule has 0 amide bonds. The summed E-state index contributed by atoms with van der Waals surface area (Å²) in [5, 5.41) is 5.47. The summed E-state index contributed by atoms with van der Waals surface area (Å²) in [4.78, 5) is 3.87. The van der Waals surface area contributed by atoms with E-state index in [-0.39, 0.29) is 37.9 Å². The van der Waals surface area contributed by atoms with E-state index in [0.717, 1.165) is 30.4 Å². The predicted octanol–water partition coefficient (Wildman–Crippen LogP) is 6.48. The second-order valence-electron chi connectivity index (χ2n) is 13.1. The smallest absolute Gasteiger partial charge is 0.239 e. The molecule has 0 atom stereocenters. The number of unbranched alkanes of at least 4 members (excludes halogenated alkanes) is 1. The normalized spacial score (nSPS) is 12.8. The van der Waals surface area contributed by atoms with Crippen molar-refractivity contribution in [1.29, 1.82) is 0 Å². The van der Waals surface area contributed by atoms with Gasteiger partial charge in [-0.1, -0.05) is 43.3 Å². The highest BCUT2D eigenvalue weighted by atomic mass is 35.5. The number of methoxy groups -OCH3 is 1. The molecule has 0 bridgehead atoms. The van der Waals surface area contributed by atoms with E-state index in [4.69, 9.17) is 21.5 Å². The molecule has 9 nitrogen and oxygen atoms in total. The number of ether oxygens (including phenoxy) is 1. The second-order valence-corrected chi connectivity index (χ2v) is 18.1. The Morgan fingerprint density at radius 3 is 2.18 bits per heavy atom. The Morgan fingerprint density at radius 2 is 1.61 bits per heavy atom. The summed E-state index contributed by atoms with van der Waals surface area (Å²) in [7, 11) is -0.701. The highest BCUT2D eigenvalue weighted by Gasteiger charge is 2.31. The maximum absolute atomic E-state index is 15.4. The second kappa shape index (κ2) is 14.6. The summed E-state index contributed by atoms with van der Waals surface area (Å²) < 4.78 is 102. The number of rotatable bonds is 14. The molecule has 0 spiro atoms. The zero-order chi connectivity index (χ0) is 36.5.